The van der Waals surface area contributed by atoms with Crippen LogP contribution in [0.15, 0.2) is 30.3 Å². The molecule has 0 aromatic heterocycles. The summed E-state index contributed by atoms with van der Waals surface area (Å²) in [5, 5.41) is 9.04. The molecule has 5 rings (SSSR count). The summed E-state index contributed by atoms with van der Waals surface area (Å²) in [5.41, 5.74) is 5.08. The predicted octanol–water partition coefficient (Wildman–Crippen LogP) is 5.66. The zero-order chi connectivity index (χ0) is 29.0. The van der Waals surface area contributed by atoms with Crippen molar-refractivity contribution in [3.63, 3.8) is 0 Å². The molecule has 6 atom stereocenters. The SMILES string of the molecule is CC(C)(C)C[C@H]1N[C@@H](C(=O)NCC[C@H]2CC[C@H](N)C2)[C@H](c2cccc(Cl)c2F)[C@@]12C(=O)Nc1cc(Cl)c(F)cc12. The van der Waals surface area contributed by atoms with Crippen molar-refractivity contribution in [2.75, 3.05) is 11.9 Å². The number of anilines is 1. The molecule has 1 aliphatic carbocycles. The van der Waals surface area contributed by atoms with E-state index in [1.807, 2.05) is 20.8 Å². The van der Waals surface area contributed by atoms with E-state index in [2.05, 4.69) is 16.0 Å². The van der Waals surface area contributed by atoms with Gasteiger partial charge in [0.1, 0.15) is 17.0 Å². The lowest BCUT2D eigenvalue weighted by molar-refractivity contribution is -0.123. The molecule has 0 unspecified atom stereocenters. The number of carbonyl (C=O) groups is 2. The van der Waals surface area contributed by atoms with Crippen LogP contribution in [0.1, 0.15) is 69.9 Å². The van der Waals surface area contributed by atoms with Crippen molar-refractivity contribution < 1.29 is 18.4 Å². The predicted molar refractivity (Wildman–Crippen MR) is 154 cm³/mol. The summed E-state index contributed by atoms with van der Waals surface area (Å²) in [4.78, 5) is 28.0. The molecule has 40 heavy (non-hydrogen) atoms. The molecular weight excluding hydrogens is 557 g/mol. The van der Waals surface area contributed by atoms with Gasteiger partial charge in [-0.15, -0.1) is 0 Å². The Morgan fingerprint density at radius 2 is 1.93 bits per heavy atom. The van der Waals surface area contributed by atoms with Crippen molar-refractivity contribution in [3.05, 3.63) is 63.1 Å². The fraction of sp³-hybridized carbons (Fsp3) is 0.533. The highest BCUT2D eigenvalue weighted by atomic mass is 35.5. The maximum Gasteiger partial charge on any atom is 0.237 e. The van der Waals surface area contributed by atoms with Crippen molar-refractivity contribution in [2.24, 2.45) is 17.1 Å². The first kappa shape index (κ1) is 29.2. The molecule has 0 bridgehead atoms. The molecule has 1 spiro atoms. The molecule has 10 heteroatoms. The van der Waals surface area contributed by atoms with Crippen LogP contribution >= 0.6 is 23.2 Å². The number of carbonyl (C=O) groups excluding carboxylic acids is 2. The van der Waals surface area contributed by atoms with Gasteiger partial charge in [-0.2, -0.15) is 0 Å². The summed E-state index contributed by atoms with van der Waals surface area (Å²) < 4.78 is 30.8. The number of hydrogen-bond donors (Lipinski definition) is 4. The van der Waals surface area contributed by atoms with E-state index < -0.39 is 41.0 Å². The number of fused-ring (bicyclic) bond motifs is 2. The van der Waals surface area contributed by atoms with Crippen molar-refractivity contribution in [3.8, 4) is 0 Å². The van der Waals surface area contributed by atoms with Gasteiger partial charge >= 0.3 is 0 Å². The van der Waals surface area contributed by atoms with Crippen LogP contribution in [0.2, 0.25) is 10.0 Å². The van der Waals surface area contributed by atoms with E-state index in [-0.39, 0.29) is 33.0 Å². The van der Waals surface area contributed by atoms with Crippen LogP contribution in [0.5, 0.6) is 0 Å². The molecule has 6 nitrogen and oxygen atoms in total. The van der Waals surface area contributed by atoms with E-state index in [0.717, 1.165) is 25.7 Å². The normalized spacial score (nSPS) is 29.6. The Hall–Kier alpha value is -2.26. The van der Waals surface area contributed by atoms with Gasteiger partial charge in [-0.25, -0.2) is 8.78 Å². The van der Waals surface area contributed by atoms with Crippen LogP contribution in [0.4, 0.5) is 14.5 Å². The number of benzene rings is 2. The molecule has 3 aliphatic rings. The number of amides is 2. The summed E-state index contributed by atoms with van der Waals surface area (Å²) in [6, 6.07) is 5.77. The van der Waals surface area contributed by atoms with Gasteiger partial charge in [0.2, 0.25) is 11.8 Å². The molecule has 1 saturated carbocycles. The molecule has 0 radical (unpaired) electrons. The molecule has 2 fully saturated rings. The van der Waals surface area contributed by atoms with E-state index >= 15 is 4.39 Å². The fourth-order valence-electron chi connectivity index (χ4n) is 7.05. The van der Waals surface area contributed by atoms with Crippen molar-refractivity contribution in [1.29, 1.82) is 0 Å². The largest absolute Gasteiger partial charge is 0.355 e. The summed E-state index contributed by atoms with van der Waals surface area (Å²) in [5.74, 6) is -2.77. The fourth-order valence-corrected chi connectivity index (χ4v) is 7.39. The number of hydrogen-bond acceptors (Lipinski definition) is 4. The van der Waals surface area contributed by atoms with Crippen LogP contribution in [-0.4, -0.2) is 36.5 Å². The minimum Gasteiger partial charge on any atom is -0.355 e. The van der Waals surface area contributed by atoms with Crippen LogP contribution in [0, 0.1) is 23.0 Å². The number of nitrogens with two attached hydrogens (primary N) is 1. The number of nitrogens with one attached hydrogen (secondary N) is 3. The van der Waals surface area contributed by atoms with Gasteiger partial charge in [0, 0.05) is 30.2 Å². The maximum absolute atomic E-state index is 15.8. The van der Waals surface area contributed by atoms with Crippen molar-refractivity contribution in [2.45, 2.75) is 82.3 Å². The lowest BCUT2D eigenvalue weighted by Crippen LogP contribution is -2.49. The molecule has 1 saturated heterocycles. The third-order valence-electron chi connectivity index (χ3n) is 8.73. The van der Waals surface area contributed by atoms with Crippen LogP contribution in [-0.2, 0) is 15.0 Å². The average Bonchev–Trinajstić information content (AvgIpc) is 3.51. The number of halogens is 4. The highest BCUT2D eigenvalue weighted by molar-refractivity contribution is 6.31. The smallest absolute Gasteiger partial charge is 0.237 e. The molecule has 2 aliphatic heterocycles. The third kappa shape index (κ3) is 5.13. The second-order valence-corrected chi connectivity index (χ2v) is 13.6. The Morgan fingerprint density at radius 3 is 2.60 bits per heavy atom. The topological polar surface area (TPSA) is 96.2 Å². The number of rotatable bonds is 6. The Kier molecular flexibility index (Phi) is 7.94. The highest BCUT2D eigenvalue weighted by Gasteiger charge is 2.66. The third-order valence-corrected chi connectivity index (χ3v) is 9.31. The first-order chi connectivity index (χ1) is 18.8. The zero-order valence-corrected chi connectivity index (χ0v) is 24.4. The Morgan fingerprint density at radius 1 is 1.18 bits per heavy atom. The minimum atomic E-state index is -1.50. The molecule has 2 heterocycles. The van der Waals surface area contributed by atoms with Crippen molar-refractivity contribution >= 4 is 40.7 Å². The zero-order valence-electron chi connectivity index (χ0n) is 22.9. The summed E-state index contributed by atoms with van der Waals surface area (Å²) in [6.45, 7) is 6.50. The van der Waals surface area contributed by atoms with E-state index in [1.165, 1.54) is 18.2 Å². The van der Waals surface area contributed by atoms with E-state index in [0.29, 0.717) is 30.1 Å². The summed E-state index contributed by atoms with van der Waals surface area (Å²) >= 11 is 12.3. The van der Waals surface area contributed by atoms with Gasteiger partial charge in [-0.05, 0) is 72.8 Å². The second kappa shape index (κ2) is 10.9. The molecule has 2 aromatic carbocycles. The van der Waals surface area contributed by atoms with Crippen LogP contribution in [0.25, 0.3) is 0 Å². The Bertz CT molecular complexity index is 1330. The quantitative estimate of drug-likeness (QED) is 0.348. The lowest BCUT2D eigenvalue weighted by atomic mass is 9.62. The van der Waals surface area contributed by atoms with E-state index in [1.54, 1.807) is 12.1 Å². The van der Waals surface area contributed by atoms with Gasteiger partial charge in [-0.1, -0.05) is 56.1 Å². The minimum absolute atomic E-state index is 0.121. The molecular formula is C30H36Cl2F2N4O2. The second-order valence-electron chi connectivity index (χ2n) is 12.7. The van der Waals surface area contributed by atoms with Gasteiger partial charge in [-0.3, -0.25) is 9.59 Å². The van der Waals surface area contributed by atoms with E-state index in [9.17, 15) is 14.0 Å². The average molecular weight is 594 g/mol. The standard InChI is InChI=1S/C30H36Cl2F2N4O2/c1-29(2,3)14-23-30(18-12-21(33)20(32)13-22(18)37-28(30)40)24(17-5-4-6-19(31)25(17)34)26(38-23)27(39)36-10-9-15-7-8-16(35)11-15/h4-6,12-13,15-16,23-24,26,38H,7-11,14,35H2,1-3H3,(H,36,39)(H,37,40)/t15-,16+,23-,24+,26-,30+/m1/s1. The monoisotopic (exact) mass is 592 g/mol. The highest BCUT2D eigenvalue weighted by Crippen LogP contribution is 2.57. The molecule has 216 valence electrons. The first-order valence-corrected chi connectivity index (χ1v) is 14.6. The molecule has 5 N–H and O–H groups in total. The van der Waals surface area contributed by atoms with Gasteiger partial charge < -0.3 is 21.7 Å². The van der Waals surface area contributed by atoms with Gasteiger partial charge in [0.25, 0.3) is 0 Å². The van der Waals surface area contributed by atoms with E-state index in [4.69, 9.17) is 28.9 Å². The lowest BCUT2D eigenvalue weighted by Gasteiger charge is -2.37. The van der Waals surface area contributed by atoms with Crippen molar-refractivity contribution in [1.82, 2.24) is 10.6 Å². The maximum atomic E-state index is 15.8. The Labute approximate surface area is 243 Å². The molecule has 2 amide bonds. The van der Waals surface area contributed by atoms with Crippen LogP contribution < -0.4 is 21.7 Å². The summed E-state index contributed by atoms with van der Waals surface area (Å²) in [6.07, 6.45) is 4.16. The first-order valence-electron chi connectivity index (χ1n) is 13.9. The summed E-state index contributed by atoms with van der Waals surface area (Å²) in [7, 11) is 0. The van der Waals surface area contributed by atoms with Gasteiger partial charge in [0.15, 0.2) is 0 Å². The van der Waals surface area contributed by atoms with Gasteiger partial charge in [0.05, 0.1) is 16.1 Å². The Balaban J connectivity index is 1.61. The molecule has 2 aromatic rings. The van der Waals surface area contributed by atoms with Crippen LogP contribution in [0.3, 0.4) is 0 Å².